The topological polar surface area (TPSA) is 51.2 Å². The molecule has 4 nitrogen and oxygen atoms in total. The highest BCUT2D eigenvalue weighted by Gasteiger charge is 2.15. The number of carbonyl (C=O) groups excluding carboxylic acids is 1. The minimum atomic E-state index is -0.449. The van der Waals surface area contributed by atoms with Crippen LogP contribution in [0.15, 0.2) is 18.2 Å². The van der Waals surface area contributed by atoms with E-state index in [1.807, 2.05) is 6.07 Å². The Morgan fingerprint density at radius 1 is 1.43 bits per heavy atom. The first-order valence-corrected chi connectivity index (χ1v) is 8.27. The number of thiazole rings is 1. The molecule has 0 bridgehead atoms. The molecule has 0 aliphatic carbocycles. The van der Waals surface area contributed by atoms with E-state index in [2.05, 4.69) is 36.3 Å². The van der Waals surface area contributed by atoms with E-state index in [9.17, 15) is 4.79 Å². The maximum absolute atomic E-state index is 12.0. The summed E-state index contributed by atoms with van der Waals surface area (Å²) in [5, 5.41) is 3.47. The summed E-state index contributed by atoms with van der Waals surface area (Å²) in [6.45, 7) is 6.61. The molecule has 0 radical (unpaired) electrons. The van der Waals surface area contributed by atoms with Crippen LogP contribution >= 0.6 is 11.3 Å². The number of fused-ring (bicyclic) bond motifs is 1. The van der Waals surface area contributed by atoms with E-state index in [1.54, 1.807) is 6.92 Å². The minimum absolute atomic E-state index is 0.138. The molecule has 1 heterocycles. The van der Waals surface area contributed by atoms with E-state index in [0.717, 1.165) is 29.5 Å². The van der Waals surface area contributed by atoms with Gasteiger partial charge in [-0.05, 0) is 37.5 Å². The smallest absolute Gasteiger partial charge is 0.254 e. The summed E-state index contributed by atoms with van der Waals surface area (Å²) in [7, 11) is 0. The standard InChI is InChI=1S/C16H22N2O2S/c1-4-6-9-20-11(3)15(19)18-16-17-13-8-7-12(5-2)10-14(13)21-16/h7-8,10-11H,4-6,9H2,1-3H3,(H,17,18,19). The van der Waals surface area contributed by atoms with E-state index >= 15 is 0 Å². The molecule has 0 spiro atoms. The van der Waals surface area contributed by atoms with Gasteiger partial charge in [-0.2, -0.15) is 0 Å². The number of benzene rings is 1. The molecule has 21 heavy (non-hydrogen) atoms. The zero-order chi connectivity index (χ0) is 15.2. The van der Waals surface area contributed by atoms with Gasteiger partial charge in [0, 0.05) is 6.61 Å². The monoisotopic (exact) mass is 306 g/mol. The second kappa shape index (κ2) is 7.52. The number of hydrogen-bond donors (Lipinski definition) is 1. The second-order valence-corrected chi connectivity index (χ2v) is 6.06. The van der Waals surface area contributed by atoms with E-state index in [4.69, 9.17) is 4.74 Å². The Morgan fingerprint density at radius 3 is 2.95 bits per heavy atom. The maximum Gasteiger partial charge on any atom is 0.254 e. The number of hydrogen-bond acceptors (Lipinski definition) is 4. The molecule has 0 aliphatic heterocycles. The zero-order valence-corrected chi connectivity index (χ0v) is 13.6. The number of ether oxygens (including phenoxy) is 1. The van der Waals surface area contributed by atoms with E-state index in [-0.39, 0.29) is 5.91 Å². The summed E-state index contributed by atoms with van der Waals surface area (Å²) < 4.78 is 6.59. The largest absolute Gasteiger partial charge is 0.369 e. The van der Waals surface area contributed by atoms with Crippen LogP contribution in [0.3, 0.4) is 0 Å². The third kappa shape index (κ3) is 4.25. The van der Waals surface area contributed by atoms with E-state index in [0.29, 0.717) is 11.7 Å². The first-order chi connectivity index (χ1) is 10.1. The van der Waals surface area contributed by atoms with Crippen molar-refractivity contribution in [1.82, 2.24) is 4.98 Å². The fourth-order valence-corrected chi connectivity index (χ4v) is 2.86. The van der Waals surface area contributed by atoms with Gasteiger partial charge >= 0.3 is 0 Å². The van der Waals surface area contributed by atoms with Crippen molar-refractivity contribution in [3.63, 3.8) is 0 Å². The Kier molecular flexibility index (Phi) is 5.70. The second-order valence-electron chi connectivity index (χ2n) is 5.03. The van der Waals surface area contributed by atoms with Crippen molar-refractivity contribution in [2.24, 2.45) is 0 Å². The van der Waals surface area contributed by atoms with Crippen LogP contribution in [0, 0.1) is 0 Å². The Hall–Kier alpha value is -1.46. The van der Waals surface area contributed by atoms with Crippen LogP contribution < -0.4 is 5.32 Å². The van der Waals surface area contributed by atoms with Gasteiger partial charge in [-0.1, -0.05) is 37.7 Å². The lowest BCUT2D eigenvalue weighted by Crippen LogP contribution is -2.27. The Labute approximate surface area is 129 Å². The summed E-state index contributed by atoms with van der Waals surface area (Å²) in [6.07, 6.45) is 2.58. The summed E-state index contributed by atoms with van der Waals surface area (Å²) in [5.74, 6) is -0.138. The van der Waals surface area contributed by atoms with Crippen molar-refractivity contribution < 1.29 is 9.53 Å². The summed E-state index contributed by atoms with van der Waals surface area (Å²) in [6, 6.07) is 6.20. The van der Waals surface area contributed by atoms with Gasteiger partial charge in [-0.15, -0.1) is 0 Å². The molecule has 0 saturated heterocycles. The molecule has 2 aromatic rings. The molecule has 0 fully saturated rings. The third-order valence-electron chi connectivity index (χ3n) is 3.33. The number of anilines is 1. The minimum Gasteiger partial charge on any atom is -0.369 e. The average Bonchev–Trinajstić information content (AvgIpc) is 2.88. The lowest BCUT2D eigenvalue weighted by atomic mass is 10.2. The van der Waals surface area contributed by atoms with Crippen molar-refractivity contribution >= 4 is 32.6 Å². The number of nitrogens with one attached hydrogen (secondary N) is 1. The van der Waals surface area contributed by atoms with E-state index < -0.39 is 6.10 Å². The van der Waals surface area contributed by atoms with Crippen molar-refractivity contribution in [2.75, 3.05) is 11.9 Å². The first-order valence-electron chi connectivity index (χ1n) is 7.46. The van der Waals surface area contributed by atoms with Crippen LogP contribution in [-0.4, -0.2) is 23.6 Å². The lowest BCUT2D eigenvalue weighted by Gasteiger charge is -2.11. The number of carbonyl (C=O) groups is 1. The highest BCUT2D eigenvalue weighted by atomic mass is 32.1. The molecule has 0 aliphatic rings. The van der Waals surface area contributed by atoms with Gasteiger partial charge in [0.1, 0.15) is 6.10 Å². The molecular weight excluding hydrogens is 284 g/mol. The van der Waals surface area contributed by atoms with Crippen LogP contribution in [0.5, 0.6) is 0 Å². The summed E-state index contributed by atoms with van der Waals surface area (Å²) in [5.41, 5.74) is 2.20. The number of aryl methyl sites for hydroxylation is 1. The molecule has 1 atom stereocenters. The lowest BCUT2D eigenvalue weighted by molar-refractivity contribution is -0.126. The molecule has 1 aromatic carbocycles. The average molecular weight is 306 g/mol. The fourth-order valence-electron chi connectivity index (χ4n) is 1.93. The van der Waals surface area contributed by atoms with Crippen molar-refractivity contribution in [3.05, 3.63) is 23.8 Å². The number of rotatable bonds is 7. The normalized spacial score (nSPS) is 12.5. The predicted octanol–water partition coefficient (Wildman–Crippen LogP) is 4.00. The van der Waals surface area contributed by atoms with Gasteiger partial charge in [-0.25, -0.2) is 4.98 Å². The van der Waals surface area contributed by atoms with Crippen LogP contribution in [0.2, 0.25) is 0 Å². The van der Waals surface area contributed by atoms with Crippen LogP contribution in [0.4, 0.5) is 5.13 Å². The molecule has 1 unspecified atom stereocenters. The predicted molar refractivity (Wildman–Crippen MR) is 87.9 cm³/mol. The number of unbranched alkanes of at least 4 members (excludes halogenated alkanes) is 1. The number of nitrogens with zero attached hydrogens (tertiary/aromatic N) is 1. The van der Waals surface area contributed by atoms with Gasteiger partial charge in [0.05, 0.1) is 10.2 Å². The molecule has 1 N–H and O–H groups in total. The number of amides is 1. The van der Waals surface area contributed by atoms with Gasteiger partial charge in [0.25, 0.3) is 5.91 Å². The maximum atomic E-state index is 12.0. The van der Waals surface area contributed by atoms with Crippen LogP contribution in [0.1, 0.15) is 39.2 Å². The molecule has 114 valence electrons. The molecule has 1 aromatic heterocycles. The van der Waals surface area contributed by atoms with Crippen LogP contribution in [0.25, 0.3) is 10.2 Å². The Morgan fingerprint density at radius 2 is 2.24 bits per heavy atom. The van der Waals surface area contributed by atoms with Gasteiger partial charge in [0.15, 0.2) is 5.13 Å². The highest BCUT2D eigenvalue weighted by Crippen LogP contribution is 2.27. The highest BCUT2D eigenvalue weighted by molar-refractivity contribution is 7.22. The molecule has 1 amide bonds. The third-order valence-corrected chi connectivity index (χ3v) is 4.26. The first kappa shape index (κ1) is 15.9. The van der Waals surface area contributed by atoms with Gasteiger partial charge in [-0.3, -0.25) is 10.1 Å². The van der Waals surface area contributed by atoms with Crippen molar-refractivity contribution in [3.8, 4) is 0 Å². The fraction of sp³-hybridized carbons (Fsp3) is 0.500. The van der Waals surface area contributed by atoms with Gasteiger partial charge in [0.2, 0.25) is 0 Å². The van der Waals surface area contributed by atoms with Crippen molar-refractivity contribution in [1.29, 1.82) is 0 Å². The Bertz CT molecular complexity index is 609. The van der Waals surface area contributed by atoms with Gasteiger partial charge < -0.3 is 4.74 Å². The summed E-state index contributed by atoms with van der Waals surface area (Å²) >= 11 is 1.50. The zero-order valence-electron chi connectivity index (χ0n) is 12.8. The SMILES string of the molecule is CCCCOC(C)C(=O)Nc1nc2ccc(CC)cc2s1. The molecule has 5 heteroatoms. The Balaban J connectivity index is 2.00. The van der Waals surface area contributed by atoms with E-state index in [1.165, 1.54) is 16.9 Å². The quantitative estimate of drug-likeness (QED) is 0.787. The van der Waals surface area contributed by atoms with Crippen LogP contribution in [-0.2, 0) is 16.0 Å². The molecule has 0 saturated carbocycles. The number of aromatic nitrogens is 1. The molecular formula is C16H22N2O2S. The van der Waals surface area contributed by atoms with Crippen molar-refractivity contribution in [2.45, 2.75) is 46.1 Å². The summed E-state index contributed by atoms with van der Waals surface area (Å²) in [4.78, 5) is 16.5. The molecule has 2 rings (SSSR count).